The van der Waals surface area contributed by atoms with Crippen molar-refractivity contribution in [2.24, 2.45) is 0 Å². The molecular weight excluding hydrogens is 305 g/mol. The van der Waals surface area contributed by atoms with Gasteiger partial charge in [0.15, 0.2) is 6.61 Å². The number of fused-ring (bicyclic) bond motifs is 1. The van der Waals surface area contributed by atoms with Crippen LogP contribution in [0.25, 0.3) is 10.8 Å². The van der Waals surface area contributed by atoms with Crippen LogP contribution in [0.1, 0.15) is 18.5 Å². The summed E-state index contributed by atoms with van der Waals surface area (Å²) in [5.41, 5.74) is 1.02. The van der Waals surface area contributed by atoms with Crippen LogP contribution in [0.3, 0.4) is 0 Å². The lowest BCUT2D eigenvalue weighted by Crippen LogP contribution is -2.31. The molecule has 0 aliphatic heterocycles. The molecule has 24 heavy (non-hydrogen) atoms. The Bertz CT molecular complexity index is 863. The van der Waals surface area contributed by atoms with E-state index in [1.807, 2.05) is 37.3 Å². The van der Waals surface area contributed by atoms with Crippen LogP contribution in [0.2, 0.25) is 0 Å². The van der Waals surface area contributed by atoms with Crippen LogP contribution in [-0.2, 0) is 4.79 Å². The highest BCUT2D eigenvalue weighted by Crippen LogP contribution is 2.20. The van der Waals surface area contributed by atoms with E-state index in [2.05, 4.69) is 17.4 Å². The molecule has 1 N–H and O–H groups in total. The van der Waals surface area contributed by atoms with Crippen LogP contribution < -0.4 is 10.1 Å². The Morgan fingerprint density at radius 3 is 2.62 bits per heavy atom. The van der Waals surface area contributed by atoms with E-state index in [-0.39, 0.29) is 18.6 Å². The minimum atomic E-state index is -0.391. The number of hydrogen-bond acceptors (Lipinski definition) is 2. The van der Waals surface area contributed by atoms with Crippen LogP contribution in [0.15, 0.2) is 66.7 Å². The number of rotatable bonds is 5. The lowest BCUT2D eigenvalue weighted by molar-refractivity contribution is -0.123. The van der Waals surface area contributed by atoms with Crippen molar-refractivity contribution in [3.05, 3.63) is 78.1 Å². The van der Waals surface area contributed by atoms with Gasteiger partial charge in [-0.1, -0.05) is 42.5 Å². The molecule has 0 unspecified atom stereocenters. The Balaban J connectivity index is 1.60. The monoisotopic (exact) mass is 323 g/mol. The van der Waals surface area contributed by atoms with Crippen molar-refractivity contribution in [3.8, 4) is 5.75 Å². The van der Waals surface area contributed by atoms with E-state index in [0.29, 0.717) is 5.75 Å². The second kappa shape index (κ2) is 7.13. The molecule has 3 aromatic rings. The lowest BCUT2D eigenvalue weighted by atomic mass is 10.0. The first-order chi connectivity index (χ1) is 11.6. The summed E-state index contributed by atoms with van der Waals surface area (Å²) >= 11 is 0. The first-order valence-corrected chi connectivity index (χ1v) is 7.78. The molecule has 4 heteroatoms. The van der Waals surface area contributed by atoms with Gasteiger partial charge in [-0.2, -0.15) is 0 Å². The van der Waals surface area contributed by atoms with Crippen LogP contribution >= 0.6 is 0 Å². The Morgan fingerprint density at radius 2 is 1.83 bits per heavy atom. The minimum Gasteiger partial charge on any atom is -0.484 e. The van der Waals surface area contributed by atoms with Gasteiger partial charge in [0.05, 0.1) is 6.04 Å². The van der Waals surface area contributed by atoms with Crippen molar-refractivity contribution in [2.45, 2.75) is 13.0 Å². The van der Waals surface area contributed by atoms with Gasteiger partial charge in [-0.15, -0.1) is 0 Å². The SMILES string of the molecule is C[C@H](NC(=O)COc1cccc(F)c1)c1ccc2ccccc2c1. The summed E-state index contributed by atoms with van der Waals surface area (Å²) in [6.07, 6.45) is 0. The van der Waals surface area contributed by atoms with E-state index in [1.54, 1.807) is 12.1 Å². The fourth-order valence-electron chi connectivity index (χ4n) is 2.55. The number of amides is 1. The number of carbonyl (C=O) groups excluding carboxylic acids is 1. The molecule has 0 aliphatic carbocycles. The normalized spacial score (nSPS) is 11.9. The zero-order chi connectivity index (χ0) is 16.9. The zero-order valence-electron chi connectivity index (χ0n) is 13.3. The first kappa shape index (κ1) is 16.0. The van der Waals surface area contributed by atoms with Gasteiger partial charge in [-0.25, -0.2) is 4.39 Å². The van der Waals surface area contributed by atoms with Gasteiger partial charge in [0.1, 0.15) is 11.6 Å². The quantitative estimate of drug-likeness (QED) is 0.763. The molecule has 3 aromatic carbocycles. The average molecular weight is 323 g/mol. The predicted octanol–water partition coefficient (Wildman–Crippen LogP) is 4.24. The summed E-state index contributed by atoms with van der Waals surface area (Å²) in [4.78, 5) is 12.0. The predicted molar refractivity (Wildman–Crippen MR) is 92.4 cm³/mol. The molecule has 0 aromatic heterocycles. The number of halogens is 1. The highest BCUT2D eigenvalue weighted by Gasteiger charge is 2.11. The molecule has 0 spiro atoms. The molecular formula is C20H18FNO2. The summed E-state index contributed by atoms with van der Waals surface area (Å²) in [7, 11) is 0. The molecule has 1 amide bonds. The average Bonchev–Trinajstić information content (AvgIpc) is 2.59. The third-order valence-corrected chi connectivity index (χ3v) is 3.82. The van der Waals surface area contributed by atoms with Crippen molar-refractivity contribution in [1.29, 1.82) is 0 Å². The third-order valence-electron chi connectivity index (χ3n) is 3.82. The molecule has 0 heterocycles. The first-order valence-electron chi connectivity index (χ1n) is 7.78. The molecule has 0 fully saturated rings. The Kier molecular flexibility index (Phi) is 4.75. The second-order valence-electron chi connectivity index (χ2n) is 5.64. The molecule has 1 atom stereocenters. The fraction of sp³-hybridized carbons (Fsp3) is 0.150. The number of hydrogen-bond donors (Lipinski definition) is 1. The highest BCUT2D eigenvalue weighted by atomic mass is 19.1. The fourth-order valence-corrected chi connectivity index (χ4v) is 2.55. The van der Waals surface area contributed by atoms with Gasteiger partial charge >= 0.3 is 0 Å². The van der Waals surface area contributed by atoms with Gasteiger partial charge in [-0.05, 0) is 41.5 Å². The number of benzene rings is 3. The standard InChI is InChI=1S/C20H18FNO2/c1-14(16-10-9-15-5-2-3-6-17(15)11-16)22-20(23)13-24-19-8-4-7-18(21)12-19/h2-12,14H,13H2,1H3,(H,22,23)/t14-/m0/s1. The maximum atomic E-state index is 13.1. The zero-order valence-corrected chi connectivity index (χ0v) is 13.3. The summed E-state index contributed by atoms with van der Waals surface area (Å²) in [6, 6.07) is 19.8. The van der Waals surface area contributed by atoms with Gasteiger partial charge in [0, 0.05) is 6.07 Å². The maximum Gasteiger partial charge on any atom is 0.258 e. The van der Waals surface area contributed by atoms with Crippen molar-refractivity contribution >= 4 is 16.7 Å². The minimum absolute atomic E-state index is 0.141. The summed E-state index contributed by atoms with van der Waals surface area (Å²) in [6.45, 7) is 1.77. The van der Waals surface area contributed by atoms with E-state index in [4.69, 9.17) is 4.74 Å². The van der Waals surface area contributed by atoms with Crippen LogP contribution in [0.5, 0.6) is 5.75 Å². The van der Waals surface area contributed by atoms with E-state index in [9.17, 15) is 9.18 Å². The Morgan fingerprint density at radius 1 is 1.04 bits per heavy atom. The van der Waals surface area contributed by atoms with E-state index < -0.39 is 5.82 Å². The lowest BCUT2D eigenvalue weighted by Gasteiger charge is -2.15. The smallest absolute Gasteiger partial charge is 0.258 e. The van der Waals surface area contributed by atoms with Crippen LogP contribution in [0.4, 0.5) is 4.39 Å². The molecule has 3 nitrogen and oxygen atoms in total. The summed E-state index contributed by atoms with van der Waals surface area (Å²) in [5.74, 6) is -0.305. The van der Waals surface area contributed by atoms with Crippen molar-refractivity contribution in [2.75, 3.05) is 6.61 Å². The number of nitrogens with one attached hydrogen (secondary N) is 1. The summed E-state index contributed by atoms with van der Waals surface area (Å²) < 4.78 is 18.4. The van der Waals surface area contributed by atoms with Crippen LogP contribution in [0, 0.1) is 5.82 Å². The molecule has 0 radical (unpaired) electrons. The molecule has 0 aliphatic rings. The maximum absolute atomic E-state index is 13.1. The van der Waals surface area contributed by atoms with E-state index >= 15 is 0 Å². The molecule has 0 bridgehead atoms. The summed E-state index contributed by atoms with van der Waals surface area (Å²) in [5, 5.41) is 5.18. The van der Waals surface area contributed by atoms with Gasteiger partial charge < -0.3 is 10.1 Å². The van der Waals surface area contributed by atoms with Gasteiger partial charge in [0.2, 0.25) is 0 Å². The van der Waals surface area contributed by atoms with Crippen LogP contribution in [-0.4, -0.2) is 12.5 Å². The van der Waals surface area contributed by atoms with Crippen molar-refractivity contribution < 1.29 is 13.9 Å². The number of carbonyl (C=O) groups is 1. The second-order valence-corrected chi connectivity index (χ2v) is 5.64. The van der Waals surface area contributed by atoms with E-state index in [0.717, 1.165) is 16.3 Å². The van der Waals surface area contributed by atoms with Gasteiger partial charge in [0.25, 0.3) is 5.91 Å². The molecule has 3 rings (SSSR count). The largest absolute Gasteiger partial charge is 0.484 e. The molecule has 122 valence electrons. The third kappa shape index (κ3) is 3.90. The molecule has 0 saturated heterocycles. The van der Waals surface area contributed by atoms with E-state index in [1.165, 1.54) is 12.1 Å². The van der Waals surface area contributed by atoms with Crippen molar-refractivity contribution in [1.82, 2.24) is 5.32 Å². The van der Waals surface area contributed by atoms with Crippen molar-refractivity contribution in [3.63, 3.8) is 0 Å². The number of ether oxygens (including phenoxy) is 1. The van der Waals surface area contributed by atoms with Gasteiger partial charge in [-0.3, -0.25) is 4.79 Å². The highest BCUT2D eigenvalue weighted by molar-refractivity contribution is 5.83. The Hall–Kier alpha value is -2.88. The topological polar surface area (TPSA) is 38.3 Å². The molecule has 0 saturated carbocycles. The Labute approximate surface area is 140 Å².